The van der Waals surface area contributed by atoms with Crippen molar-refractivity contribution in [2.75, 3.05) is 6.61 Å². The number of hydrogen-bond acceptors (Lipinski definition) is 3. The Balaban J connectivity index is 0. The molecule has 0 aliphatic rings. The van der Waals surface area contributed by atoms with Gasteiger partial charge in [0.05, 0.1) is 12.5 Å². The molecule has 0 heterocycles. The van der Waals surface area contributed by atoms with Gasteiger partial charge in [-0.1, -0.05) is 31.9 Å². The second-order valence-electron chi connectivity index (χ2n) is 1.75. The van der Waals surface area contributed by atoms with Crippen LogP contribution in [0.2, 0.25) is 0 Å². The topological polar surface area (TPSA) is 50.1 Å². The van der Waals surface area contributed by atoms with Crippen LogP contribution in [-0.4, -0.2) is 12.6 Å². The Bertz CT molecular complexity index is 207. The fourth-order valence-corrected chi connectivity index (χ4v) is 0.256. The number of ether oxygens (including phenoxy) is 1. The lowest BCUT2D eigenvalue weighted by Gasteiger charge is -1.93. The third-order valence-corrected chi connectivity index (χ3v) is 0.792. The molecule has 0 aromatic carbocycles. The monoisotopic (exact) mass is 179 g/mol. The summed E-state index contributed by atoms with van der Waals surface area (Å²) in [5.41, 5.74) is 0. The zero-order valence-electron chi connectivity index (χ0n) is 7.53. The van der Waals surface area contributed by atoms with Gasteiger partial charge in [0.15, 0.2) is 0 Å². The Labute approximate surface area is 78.6 Å². The van der Waals surface area contributed by atoms with Crippen molar-refractivity contribution in [3.8, 4) is 6.07 Å². The van der Waals surface area contributed by atoms with Crippen LogP contribution < -0.4 is 0 Å². The molecule has 0 fully saturated rings. The fraction of sp³-hybridized carbons (Fsp3) is 0.200. The molecule has 0 unspecified atom stereocenters. The summed E-state index contributed by atoms with van der Waals surface area (Å²) in [6.07, 6.45) is 4.58. The van der Waals surface area contributed by atoms with E-state index in [1.807, 2.05) is 6.07 Å². The zero-order chi connectivity index (χ0) is 10.5. The largest absolute Gasteiger partial charge is 0.461 e. The van der Waals surface area contributed by atoms with Crippen LogP contribution in [-0.2, 0) is 9.53 Å². The van der Waals surface area contributed by atoms with Crippen LogP contribution in [0.4, 0.5) is 0 Å². The fourth-order valence-electron chi connectivity index (χ4n) is 0.256. The van der Waals surface area contributed by atoms with Crippen molar-refractivity contribution in [1.82, 2.24) is 0 Å². The quantitative estimate of drug-likeness (QED) is 0.287. The molecule has 0 saturated carbocycles. The third kappa shape index (κ3) is 17.8. The molecule has 0 rings (SSSR count). The van der Waals surface area contributed by atoms with Crippen LogP contribution in [0, 0.1) is 11.3 Å². The minimum Gasteiger partial charge on any atom is -0.461 e. The lowest BCUT2D eigenvalue weighted by Crippen LogP contribution is -2.00. The van der Waals surface area contributed by atoms with Crippen molar-refractivity contribution in [3.63, 3.8) is 0 Å². The van der Waals surface area contributed by atoms with Gasteiger partial charge in [0.2, 0.25) is 0 Å². The highest BCUT2D eigenvalue weighted by atomic mass is 16.5. The summed E-state index contributed by atoms with van der Waals surface area (Å²) in [4.78, 5) is 10.2. The summed E-state index contributed by atoms with van der Waals surface area (Å²) in [5.74, 6) is -0.481. The highest BCUT2D eigenvalue weighted by molar-refractivity contribution is 5.81. The van der Waals surface area contributed by atoms with E-state index in [1.54, 1.807) is 12.2 Å². The first-order valence-electron chi connectivity index (χ1n) is 3.62. The lowest BCUT2D eigenvalue weighted by atomic mass is 10.5. The van der Waals surface area contributed by atoms with Crippen molar-refractivity contribution in [2.24, 2.45) is 0 Å². The van der Waals surface area contributed by atoms with Crippen LogP contribution in [0.1, 0.15) is 6.42 Å². The van der Waals surface area contributed by atoms with Crippen LogP contribution in [0.3, 0.4) is 0 Å². The van der Waals surface area contributed by atoms with Gasteiger partial charge in [0, 0.05) is 6.08 Å². The first kappa shape index (κ1) is 13.7. The van der Waals surface area contributed by atoms with Gasteiger partial charge in [0.1, 0.15) is 6.61 Å². The molecule has 0 radical (unpaired) electrons. The highest BCUT2D eigenvalue weighted by Gasteiger charge is 1.91. The molecule has 0 amide bonds. The van der Waals surface area contributed by atoms with Gasteiger partial charge < -0.3 is 4.74 Å². The standard InChI is InChI=1S/C6H7NO2.C4H6/c1-2-6(8)9-5-3-4-7;1-3-4-2/h2H,1,3,5H2;3-4H,1-2H2. The van der Waals surface area contributed by atoms with E-state index in [-0.39, 0.29) is 13.0 Å². The SMILES string of the molecule is C=CC(=O)OCCC#N.C=CC=C. The van der Waals surface area contributed by atoms with E-state index in [0.29, 0.717) is 0 Å². The molecule has 0 aromatic heterocycles. The summed E-state index contributed by atoms with van der Waals surface area (Å²) in [6, 6.07) is 1.84. The molecular weight excluding hydrogens is 166 g/mol. The molecular formula is C10H13NO2. The molecule has 3 nitrogen and oxygen atoms in total. The van der Waals surface area contributed by atoms with E-state index >= 15 is 0 Å². The number of rotatable bonds is 4. The molecule has 13 heavy (non-hydrogen) atoms. The number of nitriles is 1. The number of esters is 1. The van der Waals surface area contributed by atoms with E-state index in [0.717, 1.165) is 6.08 Å². The molecule has 0 aliphatic carbocycles. The van der Waals surface area contributed by atoms with Gasteiger partial charge in [-0.15, -0.1) is 0 Å². The second kappa shape index (κ2) is 12.8. The Morgan fingerprint density at radius 2 is 1.92 bits per heavy atom. The summed E-state index contributed by atoms with van der Waals surface area (Å²) in [6.45, 7) is 10.1. The zero-order valence-corrected chi connectivity index (χ0v) is 7.53. The van der Waals surface area contributed by atoms with E-state index in [4.69, 9.17) is 5.26 Å². The van der Waals surface area contributed by atoms with E-state index < -0.39 is 5.97 Å². The van der Waals surface area contributed by atoms with Crippen LogP contribution in [0.25, 0.3) is 0 Å². The molecule has 0 bridgehead atoms. The van der Waals surface area contributed by atoms with Gasteiger partial charge in [0.25, 0.3) is 0 Å². The van der Waals surface area contributed by atoms with Gasteiger partial charge in [-0.3, -0.25) is 0 Å². The van der Waals surface area contributed by atoms with Crippen molar-refractivity contribution in [1.29, 1.82) is 5.26 Å². The van der Waals surface area contributed by atoms with Gasteiger partial charge in [-0.25, -0.2) is 4.79 Å². The third-order valence-electron chi connectivity index (χ3n) is 0.792. The smallest absolute Gasteiger partial charge is 0.330 e. The normalized spacial score (nSPS) is 6.69. The maximum atomic E-state index is 10.2. The van der Waals surface area contributed by atoms with E-state index in [1.165, 1.54) is 0 Å². The molecule has 0 aromatic rings. The molecule has 3 heteroatoms. The minimum atomic E-state index is -0.481. The first-order chi connectivity index (χ1) is 6.22. The molecule has 0 atom stereocenters. The molecule has 0 saturated heterocycles. The highest BCUT2D eigenvalue weighted by Crippen LogP contribution is 1.81. The van der Waals surface area contributed by atoms with E-state index in [2.05, 4.69) is 24.5 Å². The average molecular weight is 179 g/mol. The lowest BCUT2D eigenvalue weighted by molar-refractivity contribution is -0.137. The Morgan fingerprint density at radius 3 is 2.23 bits per heavy atom. The Hall–Kier alpha value is -1.82. The number of nitrogens with zero attached hydrogens (tertiary/aromatic N) is 1. The number of carbonyl (C=O) groups excluding carboxylic acids is 1. The second-order valence-corrected chi connectivity index (χ2v) is 1.75. The predicted molar refractivity (Wildman–Crippen MR) is 51.8 cm³/mol. The van der Waals surface area contributed by atoms with Crippen LogP contribution in [0.5, 0.6) is 0 Å². The van der Waals surface area contributed by atoms with Crippen LogP contribution >= 0.6 is 0 Å². The summed E-state index contributed by atoms with van der Waals surface area (Å²) < 4.78 is 4.45. The predicted octanol–water partition coefficient (Wildman–Crippen LogP) is 1.99. The number of hydrogen-bond donors (Lipinski definition) is 0. The van der Waals surface area contributed by atoms with E-state index in [9.17, 15) is 4.79 Å². The Morgan fingerprint density at radius 1 is 1.38 bits per heavy atom. The summed E-state index contributed by atoms with van der Waals surface area (Å²) >= 11 is 0. The maximum Gasteiger partial charge on any atom is 0.330 e. The molecule has 0 aliphatic heterocycles. The molecule has 0 N–H and O–H groups in total. The summed E-state index contributed by atoms with van der Waals surface area (Å²) in [7, 11) is 0. The van der Waals surface area contributed by atoms with Crippen molar-refractivity contribution < 1.29 is 9.53 Å². The number of carbonyl (C=O) groups is 1. The molecule has 70 valence electrons. The number of allylic oxidation sites excluding steroid dienone is 2. The minimum absolute atomic E-state index is 0.154. The Kier molecular flexibility index (Phi) is 13.6. The molecule has 0 spiro atoms. The van der Waals surface area contributed by atoms with Crippen molar-refractivity contribution >= 4 is 5.97 Å². The first-order valence-corrected chi connectivity index (χ1v) is 3.62. The summed E-state index contributed by atoms with van der Waals surface area (Å²) in [5, 5.41) is 7.98. The average Bonchev–Trinajstić information content (AvgIpc) is 2.18. The van der Waals surface area contributed by atoms with Gasteiger partial charge >= 0.3 is 5.97 Å². The van der Waals surface area contributed by atoms with Gasteiger partial charge in [-0.2, -0.15) is 5.26 Å². The van der Waals surface area contributed by atoms with Crippen molar-refractivity contribution in [2.45, 2.75) is 6.42 Å². The van der Waals surface area contributed by atoms with Gasteiger partial charge in [-0.05, 0) is 0 Å². The maximum absolute atomic E-state index is 10.2. The van der Waals surface area contributed by atoms with Crippen molar-refractivity contribution in [3.05, 3.63) is 38.0 Å². The van der Waals surface area contributed by atoms with Crippen LogP contribution in [0.15, 0.2) is 38.0 Å².